The highest BCUT2D eigenvalue weighted by Gasteiger charge is 2.65. The van der Waals surface area contributed by atoms with Crippen molar-refractivity contribution in [1.29, 1.82) is 5.26 Å². The van der Waals surface area contributed by atoms with Crippen LogP contribution in [0.3, 0.4) is 0 Å². The average molecular weight is 840 g/mol. The molecule has 0 aromatic heterocycles. The van der Waals surface area contributed by atoms with Gasteiger partial charge in [-0.15, -0.1) is 6.58 Å². The molecule has 62 heavy (non-hydrogen) atoms. The molecular formula is C52H61N3O7. The fraction of sp³-hybridized carbons (Fsp3) is 0.442. The second-order valence-corrected chi connectivity index (χ2v) is 17.8. The molecule has 10 heteroatoms. The van der Waals surface area contributed by atoms with Crippen molar-refractivity contribution < 1.29 is 34.1 Å². The third-order valence-corrected chi connectivity index (χ3v) is 12.4. The molecule has 2 N–H and O–H groups in total. The van der Waals surface area contributed by atoms with Crippen LogP contribution in [0.15, 0.2) is 114 Å². The molecule has 1 aliphatic heterocycles. The Morgan fingerprint density at radius 3 is 2.37 bits per heavy atom. The second-order valence-electron chi connectivity index (χ2n) is 17.8. The maximum Gasteiger partial charge on any atom is 0.254 e. The number of carbonyl (C=O) groups excluding carboxylic acids is 1. The Morgan fingerprint density at radius 1 is 0.968 bits per heavy atom. The number of nitrogens with zero attached hydrogens (tertiary/aromatic N) is 3. The van der Waals surface area contributed by atoms with E-state index in [9.17, 15) is 20.3 Å². The van der Waals surface area contributed by atoms with E-state index in [4.69, 9.17) is 24.2 Å². The van der Waals surface area contributed by atoms with Crippen LogP contribution in [0.4, 0.5) is 0 Å². The molecule has 1 heterocycles. The molecule has 0 spiro atoms. The summed E-state index contributed by atoms with van der Waals surface area (Å²) < 4.78 is 21.2. The van der Waals surface area contributed by atoms with Crippen LogP contribution in [0.2, 0.25) is 0 Å². The summed E-state index contributed by atoms with van der Waals surface area (Å²) in [5.41, 5.74) is 3.03. The van der Waals surface area contributed by atoms with Gasteiger partial charge in [0, 0.05) is 43.2 Å². The number of fused-ring (bicyclic) bond motifs is 3. The number of oxime groups is 1. The number of amides is 1. The van der Waals surface area contributed by atoms with E-state index in [1.54, 1.807) is 30.3 Å². The minimum absolute atomic E-state index is 0.0663. The molecule has 0 saturated heterocycles. The van der Waals surface area contributed by atoms with Crippen LogP contribution in [0, 0.1) is 29.1 Å². The average Bonchev–Trinajstić information content (AvgIpc) is 3.27. The number of carbonyl (C=O) groups is 1. The molecular weight excluding hydrogens is 779 g/mol. The number of ether oxygens (including phenoxy) is 3. The number of aliphatic hydroxyl groups excluding tert-OH is 2. The van der Waals surface area contributed by atoms with Gasteiger partial charge in [0.15, 0.2) is 0 Å². The summed E-state index contributed by atoms with van der Waals surface area (Å²) in [6.07, 6.45) is 9.70. The number of hydrogen-bond donors (Lipinski definition) is 2. The minimum atomic E-state index is -1.39. The zero-order valence-electron chi connectivity index (χ0n) is 36.6. The van der Waals surface area contributed by atoms with Crippen LogP contribution >= 0.6 is 0 Å². The predicted octanol–water partition coefficient (Wildman–Crippen LogP) is 10.5. The lowest BCUT2D eigenvalue weighted by Crippen LogP contribution is -2.70. The second kappa shape index (κ2) is 19.7. The molecule has 0 radical (unpaired) electrons. The fourth-order valence-electron chi connectivity index (χ4n) is 9.76. The first-order valence-electron chi connectivity index (χ1n) is 22.3. The van der Waals surface area contributed by atoms with Crippen molar-refractivity contribution in [2.24, 2.45) is 22.9 Å². The van der Waals surface area contributed by atoms with Crippen molar-refractivity contribution in [3.63, 3.8) is 0 Å². The minimum Gasteiger partial charge on any atom is -0.459 e. The van der Waals surface area contributed by atoms with Gasteiger partial charge in [0.1, 0.15) is 28.9 Å². The van der Waals surface area contributed by atoms with Gasteiger partial charge in [0.25, 0.3) is 5.91 Å². The van der Waals surface area contributed by atoms with Crippen molar-refractivity contribution in [3.8, 4) is 23.3 Å². The molecule has 1 amide bonds. The third-order valence-electron chi connectivity index (χ3n) is 12.4. The van der Waals surface area contributed by atoms with Gasteiger partial charge < -0.3 is 34.2 Å². The van der Waals surface area contributed by atoms with Crippen molar-refractivity contribution in [2.75, 3.05) is 26.4 Å². The van der Waals surface area contributed by atoms with Gasteiger partial charge in [-0.05, 0) is 136 Å². The summed E-state index contributed by atoms with van der Waals surface area (Å²) in [5.74, 6) is -0.0311. The molecule has 6 atom stereocenters. The smallest absolute Gasteiger partial charge is 0.254 e. The highest BCUT2D eigenvalue weighted by molar-refractivity contribution is 6.03. The Balaban J connectivity index is 1.45. The summed E-state index contributed by atoms with van der Waals surface area (Å²) in [5, 5.41) is 36.7. The van der Waals surface area contributed by atoms with Crippen molar-refractivity contribution >= 4 is 22.4 Å². The molecule has 326 valence electrons. The molecule has 0 bridgehead atoms. The molecule has 0 unspecified atom stereocenters. The van der Waals surface area contributed by atoms with Crippen molar-refractivity contribution in [3.05, 3.63) is 126 Å². The lowest BCUT2D eigenvalue weighted by Gasteiger charge is -2.60. The predicted molar refractivity (Wildman–Crippen MR) is 242 cm³/mol. The molecule has 1 saturated carbocycles. The molecule has 1 fully saturated rings. The first-order valence-corrected chi connectivity index (χ1v) is 22.3. The molecule has 4 aromatic carbocycles. The van der Waals surface area contributed by atoms with E-state index >= 15 is 0 Å². The van der Waals surface area contributed by atoms with Gasteiger partial charge >= 0.3 is 0 Å². The summed E-state index contributed by atoms with van der Waals surface area (Å²) in [6, 6.07) is 28.6. The maximum absolute atomic E-state index is 14.9. The zero-order valence-corrected chi connectivity index (χ0v) is 36.6. The SMILES string of the molecule is C=CCO[C@@]12Oc3ccc(Oc4ccc5ccccc5c4)cc3[C@H]3[C@H](CCCCO)[C@@H](CCCCO)C=C(C(=NOC(C)(C)C)C[C@@H]1N(CCC)C(=O)c1ccc(C#N)cc1)[C@H]32. The van der Waals surface area contributed by atoms with Crippen LogP contribution in [-0.4, -0.2) is 70.5 Å². The van der Waals surface area contributed by atoms with E-state index < -0.39 is 23.3 Å². The Bertz CT molecular complexity index is 2310. The van der Waals surface area contributed by atoms with Gasteiger partial charge in [-0.25, -0.2) is 0 Å². The van der Waals surface area contributed by atoms with Gasteiger partial charge in [-0.2, -0.15) is 5.26 Å². The fourth-order valence-corrected chi connectivity index (χ4v) is 9.76. The van der Waals surface area contributed by atoms with Crippen LogP contribution < -0.4 is 9.47 Å². The van der Waals surface area contributed by atoms with Crippen molar-refractivity contribution in [2.45, 2.75) is 102 Å². The normalized spacial score (nSPS) is 23.3. The summed E-state index contributed by atoms with van der Waals surface area (Å²) in [4.78, 5) is 23.1. The Morgan fingerprint density at radius 2 is 1.68 bits per heavy atom. The molecule has 7 rings (SSSR count). The number of nitriles is 1. The Hall–Kier alpha value is -5.47. The molecule has 2 aliphatic carbocycles. The van der Waals surface area contributed by atoms with E-state index in [1.165, 1.54) is 0 Å². The van der Waals surface area contributed by atoms with Crippen LogP contribution in [0.1, 0.15) is 106 Å². The van der Waals surface area contributed by atoms with E-state index in [0.717, 1.165) is 59.1 Å². The quantitative estimate of drug-likeness (QED) is 0.0575. The first-order chi connectivity index (χ1) is 30.0. The first kappa shape index (κ1) is 44.6. The van der Waals surface area contributed by atoms with Crippen LogP contribution in [0.25, 0.3) is 10.8 Å². The molecule has 4 aromatic rings. The highest BCUT2D eigenvalue weighted by atomic mass is 16.7. The number of hydrogen-bond acceptors (Lipinski definition) is 9. The number of allylic oxidation sites excluding steroid dienone is 1. The number of unbranched alkanes of at least 4 members (excludes halogenated alkanes) is 2. The maximum atomic E-state index is 14.9. The number of rotatable bonds is 18. The monoisotopic (exact) mass is 839 g/mol. The lowest BCUT2D eigenvalue weighted by molar-refractivity contribution is -0.254. The summed E-state index contributed by atoms with van der Waals surface area (Å²) >= 11 is 0. The van der Waals surface area contributed by atoms with E-state index in [2.05, 4.69) is 43.0 Å². The van der Waals surface area contributed by atoms with Crippen LogP contribution in [-0.2, 0) is 9.57 Å². The zero-order chi connectivity index (χ0) is 43.9. The topological polar surface area (TPSA) is 134 Å². The van der Waals surface area contributed by atoms with Gasteiger partial charge in [-0.3, -0.25) is 4.79 Å². The van der Waals surface area contributed by atoms with Gasteiger partial charge in [-0.1, -0.05) is 67.4 Å². The Kier molecular flexibility index (Phi) is 14.2. The van der Waals surface area contributed by atoms with Crippen LogP contribution in [0.5, 0.6) is 17.2 Å². The summed E-state index contributed by atoms with van der Waals surface area (Å²) in [7, 11) is 0. The number of benzene rings is 4. The molecule has 10 nitrogen and oxygen atoms in total. The summed E-state index contributed by atoms with van der Waals surface area (Å²) in [6.45, 7) is 12.8. The van der Waals surface area contributed by atoms with Crippen molar-refractivity contribution in [1.82, 2.24) is 4.90 Å². The van der Waals surface area contributed by atoms with E-state index in [0.29, 0.717) is 54.9 Å². The standard InChI is InChI=1S/C52H61N3O7/c1-6-26-55(50(58)37-20-18-35(34-53)19-21-37)47-33-45(54-62-51(3,4)5)43-31-39(16-10-12-27-56)42(17-11-13-28-57)48-44-32-41(60-40-23-22-36-14-8-9-15-38(36)30-40)24-25-46(44)61-52(47,49(43)48)59-29-7-2/h7-9,14-15,18-25,30-32,39,42,47-49,56-57H,2,6,10-13,16-17,26-29,33H2,1,3-5H3/t39-,42+,47-,48+,49+,52+/m0/s1. The third kappa shape index (κ3) is 9.46. The molecule has 3 aliphatic rings. The number of aliphatic hydroxyl groups is 2. The highest BCUT2D eigenvalue weighted by Crippen LogP contribution is 2.62. The Labute approximate surface area is 366 Å². The van der Waals surface area contributed by atoms with Gasteiger partial charge in [0.05, 0.1) is 29.9 Å². The van der Waals surface area contributed by atoms with E-state index in [1.807, 2.05) is 69.0 Å². The van der Waals surface area contributed by atoms with E-state index in [-0.39, 0.29) is 43.5 Å². The van der Waals surface area contributed by atoms with Gasteiger partial charge in [0.2, 0.25) is 5.79 Å². The largest absolute Gasteiger partial charge is 0.459 e. The lowest BCUT2D eigenvalue weighted by atomic mass is 9.55.